The van der Waals surface area contributed by atoms with Crippen molar-refractivity contribution in [2.24, 2.45) is 0 Å². The maximum Gasteiger partial charge on any atom is 2.00 e. The van der Waals surface area contributed by atoms with Gasteiger partial charge in [0.1, 0.15) is 0 Å². The summed E-state index contributed by atoms with van der Waals surface area (Å²) in [6.07, 6.45) is 17.7. The van der Waals surface area contributed by atoms with E-state index < -0.39 is 0 Å². The van der Waals surface area contributed by atoms with E-state index in [0.717, 1.165) is 67.5 Å². The molecule has 236 valence electrons. The third-order valence-corrected chi connectivity index (χ3v) is 7.60. The number of hydrogen-bond acceptors (Lipinski definition) is 0. The van der Waals surface area contributed by atoms with Crippen molar-refractivity contribution >= 4 is 11.4 Å². The Bertz CT molecular complexity index is 1040. The van der Waals surface area contributed by atoms with Crippen molar-refractivity contribution < 1.29 is 25.1 Å². The van der Waals surface area contributed by atoms with Crippen LogP contribution in [0.4, 0.5) is 0 Å². The van der Waals surface area contributed by atoms with Gasteiger partial charge >= 0.3 is 20.4 Å². The van der Waals surface area contributed by atoms with Crippen molar-refractivity contribution in [1.82, 2.24) is 0 Å². The number of aryl methyl sites for hydroxylation is 2. The summed E-state index contributed by atoms with van der Waals surface area (Å²) in [5.74, 6) is 0. The quantitative estimate of drug-likeness (QED) is 0.0785. The van der Waals surface area contributed by atoms with Gasteiger partial charge in [-0.15, -0.1) is 0 Å². The summed E-state index contributed by atoms with van der Waals surface area (Å²) in [7, 11) is 0. The van der Waals surface area contributed by atoms with E-state index in [1.54, 1.807) is 0 Å². The van der Waals surface area contributed by atoms with Gasteiger partial charge in [0.05, 0.1) is 0 Å². The standard InChI is InChI=1S/C31H42N2.2C4H9.Pd/c1-5-8-11-12-14-26-18-22-28(23-19-26)31-29(15-10-7-3)24(4)30(33(31)32)27-20-16-25(17-21-27)13-9-6-2;2*1-3-4-2;/h16-23H,5-15H2,1-4H3;2*1,3-4H2,2H3;/q;2*-1;+2. The molecule has 0 radical (unpaired) electrons. The third kappa shape index (κ3) is 13.7. The molecule has 0 N–H and O–H groups in total. The van der Waals surface area contributed by atoms with Gasteiger partial charge in [0.15, 0.2) is 0 Å². The molecule has 1 aliphatic rings. The van der Waals surface area contributed by atoms with Gasteiger partial charge in [-0.2, -0.15) is 12.8 Å². The Balaban J connectivity index is 0.00000166. The van der Waals surface area contributed by atoms with E-state index in [2.05, 4.69) is 104 Å². The molecule has 2 aromatic carbocycles. The molecule has 0 saturated heterocycles. The van der Waals surface area contributed by atoms with Gasteiger partial charge in [-0.3, -0.25) is 0 Å². The van der Waals surface area contributed by atoms with Crippen molar-refractivity contribution in [2.75, 3.05) is 0 Å². The smallest absolute Gasteiger partial charge is 0.493 e. The maximum atomic E-state index is 11.4. The van der Waals surface area contributed by atoms with Crippen LogP contribution in [0.1, 0.15) is 147 Å². The molecule has 0 amide bonds. The van der Waals surface area contributed by atoms with Gasteiger partial charge in [0.25, 0.3) is 0 Å². The van der Waals surface area contributed by atoms with Gasteiger partial charge in [0, 0.05) is 22.3 Å². The van der Waals surface area contributed by atoms with E-state index in [0.29, 0.717) is 0 Å². The SMILES string of the molecule is CCCCCCc1ccc(C2=C(CCCC)C(C)=C(c3ccc(CCCC)cc3)[N+]2=[N-])cc1.[CH2-]CCC.[CH2-]CCC.[Pd+2]. The van der Waals surface area contributed by atoms with Gasteiger partial charge in [-0.05, 0) is 80.8 Å². The van der Waals surface area contributed by atoms with Crippen LogP contribution >= 0.6 is 0 Å². The first-order valence-corrected chi connectivity index (χ1v) is 16.6. The molecule has 1 aliphatic heterocycles. The van der Waals surface area contributed by atoms with Crippen LogP contribution in [0.3, 0.4) is 0 Å². The summed E-state index contributed by atoms with van der Waals surface area (Å²) < 4.78 is 1.46. The summed E-state index contributed by atoms with van der Waals surface area (Å²) in [5.41, 5.74) is 20.7. The predicted molar refractivity (Wildman–Crippen MR) is 183 cm³/mol. The monoisotopic (exact) mass is 662 g/mol. The molecule has 0 bridgehead atoms. The zero-order valence-corrected chi connectivity index (χ0v) is 29.4. The van der Waals surface area contributed by atoms with Crippen LogP contribution in [0.5, 0.6) is 0 Å². The van der Waals surface area contributed by atoms with Crippen molar-refractivity contribution in [2.45, 2.75) is 138 Å². The number of allylic oxidation sites excluding steroid dienone is 2. The van der Waals surface area contributed by atoms with Gasteiger partial charge in [0.2, 0.25) is 11.4 Å². The molecule has 3 rings (SSSR count). The molecule has 2 aromatic rings. The zero-order valence-electron chi connectivity index (χ0n) is 27.9. The molecule has 0 unspecified atom stereocenters. The third-order valence-electron chi connectivity index (χ3n) is 7.60. The molecule has 0 aromatic heterocycles. The zero-order chi connectivity index (χ0) is 30.5. The molecule has 0 aliphatic carbocycles. The van der Waals surface area contributed by atoms with Crippen LogP contribution in [0.2, 0.25) is 0 Å². The maximum absolute atomic E-state index is 11.4. The van der Waals surface area contributed by atoms with Crippen LogP contribution in [-0.4, -0.2) is 4.70 Å². The van der Waals surface area contributed by atoms with Crippen LogP contribution < -0.4 is 0 Å². The molecule has 2 nitrogen and oxygen atoms in total. The average Bonchev–Trinajstić information content (AvgIpc) is 3.26. The summed E-state index contributed by atoms with van der Waals surface area (Å²) in [6.45, 7) is 20.3. The van der Waals surface area contributed by atoms with E-state index in [-0.39, 0.29) is 20.4 Å². The molecule has 0 atom stereocenters. The first-order chi connectivity index (χ1) is 19.9. The fraction of sp³-hybridized carbons (Fsp3) is 0.538. The van der Waals surface area contributed by atoms with Gasteiger partial charge in [-0.1, -0.05) is 104 Å². The molecule has 3 heteroatoms. The minimum absolute atomic E-state index is 0. The number of hydrogen-bond donors (Lipinski definition) is 0. The Labute approximate surface area is 274 Å². The normalized spacial score (nSPS) is 12.4. The first-order valence-electron chi connectivity index (χ1n) is 16.6. The van der Waals surface area contributed by atoms with Crippen LogP contribution in [0.15, 0.2) is 59.7 Å². The molecule has 0 spiro atoms. The van der Waals surface area contributed by atoms with Crippen molar-refractivity contribution in [1.29, 1.82) is 0 Å². The van der Waals surface area contributed by atoms with Crippen molar-refractivity contribution in [3.8, 4) is 0 Å². The number of rotatable bonds is 15. The molecular formula is C39H60N2Pd. The number of benzene rings is 2. The molecule has 0 fully saturated rings. The van der Waals surface area contributed by atoms with E-state index in [1.165, 1.54) is 78.3 Å². The van der Waals surface area contributed by atoms with Gasteiger partial charge in [-0.25, -0.2) is 4.70 Å². The predicted octanol–water partition coefficient (Wildman–Crippen LogP) is 12.8. The van der Waals surface area contributed by atoms with Gasteiger partial charge < -0.3 is 19.4 Å². The Kier molecular flexibility index (Phi) is 23.5. The summed E-state index contributed by atoms with van der Waals surface area (Å²) in [6, 6.07) is 17.7. The van der Waals surface area contributed by atoms with Crippen LogP contribution in [-0.2, 0) is 33.3 Å². The topological polar surface area (TPSA) is 25.3 Å². The van der Waals surface area contributed by atoms with E-state index >= 15 is 0 Å². The molecule has 1 heterocycles. The molecular weight excluding hydrogens is 603 g/mol. The van der Waals surface area contributed by atoms with Crippen molar-refractivity contribution in [3.05, 3.63) is 101 Å². The Hall–Kier alpha value is -1.82. The largest absolute Gasteiger partial charge is 2.00 e. The summed E-state index contributed by atoms with van der Waals surface area (Å²) in [5, 5.41) is 0. The Morgan fingerprint density at radius 2 is 0.952 bits per heavy atom. The second kappa shape index (κ2) is 24.6. The Morgan fingerprint density at radius 1 is 0.548 bits per heavy atom. The molecule has 42 heavy (non-hydrogen) atoms. The van der Waals surface area contributed by atoms with E-state index in [4.69, 9.17) is 0 Å². The minimum Gasteiger partial charge on any atom is -0.493 e. The fourth-order valence-electron chi connectivity index (χ4n) is 4.81. The van der Waals surface area contributed by atoms with E-state index in [9.17, 15) is 5.53 Å². The second-order valence-electron chi connectivity index (χ2n) is 11.2. The average molecular weight is 663 g/mol. The number of unbranched alkanes of at least 4 members (excludes halogenated alkanes) is 7. The summed E-state index contributed by atoms with van der Waals surface area (Å²) in [4.78, 5) is 0. The summed E-state index contributed by atoms with van der Waals surface area (Å²) >= 11 is 0. The Morgan fingerprint density at radius 3 is 1.38 bits per heavy atom. The minimum atomic E-state index is 0. The number of nitrogens with zero attached hydrogens (tertiary/aromatic N) is 2. The van der Waals surface area contributed by atoms with Crippen molar-refractivity contribution in [3.63, 3.8) is 0 Å². The molecule has 0 saturated carbocycles. The van der Waals surface area contributed by atoms with E-state index in [1.807, 2.05) is 0 Å². The fourth-order valence-corrected chi connectivity index (χ4v) is 4.81. The van der Waals surface area contributed by atoms with Crippen LogP contribution in [0, 0.1) is 13.8 Å². The first kappa shape index (κ1) is 40.2. The second-order valence-corrected chi connectivity index (χ2v) is 11.2. The van der Waals surface area contributed by atoms with Crippen LogP contribution in [0.25, 0.3) is 16.9 Å².